The summed E-state index contributed by atoms with van der Waals surface area (Å²) in [5.41, 5.74) is -1.91. The van der Waals surface area contributed by atoms with E-state index in [0.717, 1.165) is 32.2 Å². The first kappa shape index (κ1) is 45.2. The number of ether oxygens (including phenoxy) is 1. The number of nitrogens with zero attached hydrogens (tertiary/aromatic N) is 2. The Balaban J connectivity index is 0.00000675. The third kappa shape index (κ3) is 11.7. The Bertz CT molecular complexity index is 2110. The maximum absolute atomic E-state index is 12.6. The van der Waals surface area contributed by atoms with Crippen LogP contribution in [-0.2, 0) is 49.5 Å². The van der Waals surface area contributed by atoms with Gasteiger partial charge in [-0.25, -0.2) is 33.7 Å². The number of phenolic OH excluding ortho intramolecular Hbond substituents is 1. The maximum atomic E-state index is 12.6. The summed E-state index contributed by atoms with van der Waals surface area (Å²) in [5.74, 6) is -3.02. The summed E-state index contributed by atoms with van der Waals surface area (Å²) in [6.07, 6.45) is 0. The van der Waals surface area contributed by atoms with Crippen molar-refractivity contribution in [3.63, 3.8) is 0 Å². The molecule has 0 aliphatic rings. The Morgan fingerprint density at radius 1 is 0.870 bits per heavy atom. The van der Waals surface area contributed by atoms with Crippen molar-refractivity contribution in [3.8, 4) is 11.5 Å². The third-order valence-corrected chi connectivity index (χ3v) is 9.13. The standard InChI is InChI=1S/C21H21N3O15S4.3Na/c1-11(25)22-16-10-14(41(29,30)31)7-12-8-18(42(32,33)34)20(21(26)19(12)16)24-23-15-9-13(3-4-17(15)38-2)40(27,28)6-5-39-43(35,36)37;;;/h3-4,7-10,26H,5-6H2,1-2H3,(H,22,25)(H,29,30,31)(H,32,33,34)(H,35,36,37);;;/q;3*+1/p-3. The molecule has 0 aromatic heterocycles. The molecule has 3 aromatic carbocycles. The maximum Gasteiger partial charge on any atom is 1.00 e. The van der Waals surface area contributed by atoms with Gasteiger partial charge in [0.05, 0.1) is 39.8 Å². The van der Waals surface area contributed by atoms with Crippen LogP contribution in [0.1, 0.15) is 6.92 Å². The van der Waals surface area contributed by atoms with E-state index in [1.54, 1.807) is 0 Å². The fraction of sp³-hybridized carbons (Fsp3) is 0.190. The quantitative estimate of drug-likeness (QED) is 0.0796. The van der Waals surface area contributed by atoms with Crippen molar-refractivity contribution in [2.24, 2.45) is 10.2 Å². The number of phenols is 1. The van der Waals surface area contributed by atoms with E-state index in [4.69, 9.17) is 4.74 Å². The van der Waals surface area contributed by atoms with Gasteiger partial charge < -0.3 is 28.8 Å². The molecule has 0 radical (unpaired) electrons. The molecular weight excluding hydrogens is 731 g/mol. The molecule has 0 aliphatic heterocycles. The Morgan fingerprint density at radius 2 is 1.48 bits per heavy atom. The molecule has 0 saturated heterocycles. The van der Waals surface area contributed by atoms with E-state index in [1.165, 1.54) is 0 Å². The van der Waals surface area contributed by atoms with Crippen LogP contribution < -0.4 is 98.7 Å². The van der Waals surface area contributed by atoms with Crippen molar-refractivity contribution in [1.29, 1.82) is 0 Å². The minimum absolute atomic E-state index is 0. The van der Waals surface area contributed by atoms with Crippen LogP contribution in [0.5, 0.6) is 11.5 Å². The molecule has 18 nitrogen and oxygen atoms in total. The van der Waals surface area contributed by atoms with E-state index in [0.29, 0.717) is 18.2 Å². The van der Waals surface area contributed by atoms with Gasteiger partial charge in [0.1, 0.15) is 37.4 Å². The minimum Gasteiger partial charge on any atom is -0.744 e. The van der Waals surface area contributed by atoms with Crippen LogP contribution in [0.2, 0.25) is 0 Å². The van der Waals surface area contributed by atoms with Crippen LogP contribution in [0, 0.1) is 0 Å². The zero-order valence-corrected chi connectivity index (χ0v) is 33.8. The number of azo groups is 1. The number of carbonyl (C=O) groups is 1. The molecule has 3 aromatic rings. The first-order chi connectivity index (χ1) is 19.6. The predicted molar refractivity (Wildman–Crippen MR) is 141 cm³/mol. The molecule has 1 amide bonds. The summed E-state index contributed by atoms with van der Waals surface area (Å²) in [6, 6.07) is 4.85. The SMILES string of the molecule is COc1ccc(S(=O)(=O)CCOS(=O)(=O)[O-])cc1N=Nc1c(S(=O)(=O)[O-])cc2cc(S(=O)(=O)[O-])cc(NC(C)=O)c2c1O.[Na+].[Na+].[Na+]. The van der Waals surface area contributed by atoms with Gasteiger partial charge in [0.15, 0.2) is 15.6 Å². The molecule has 0 atom stereocenters. The molecule has 0 heterocycles. The number of methoxy groups -OCH3 is 1. The van der Waals surface area contributed by atoms with Gasteiger partial charge in [0.25, 0.3) is 0 Å². The fourth-order valence-electron chi connectivity index (χ4n) is 3.59. The van der Waals surface area contributed by atoms with E-state index in [-0.39, 0.29) is 94.4 Å². The summed E-state index contributed by atoms with van der Waals surface area (Å²) in [4.78, 5) is 9.04. The minimum atomic E-state index is -5.50. The number of aromatic hydroxyl groups is 1. The monoisotopic (exact) mass is 749 g/mol. The molecule has 25 heteroatoms. The van der Waals surface area contributed by atoms with Gasteiger partial charge in [0, 0.05) is 12.3 Å². The van der Waals surface area contributed by atoms with Crippen LogP contribution in [0.25, 0.3) is 10.8 Å². The number of hydrogen-bond donors (Lipinski definition) is 2. The van der Waals surface area contributed by atoms with E-state index in [2.05, 4.69) is 19.7 Å². The second-order valence-electron chi connectivity index (χ2n) is 8.31. The second kappa shape index (κ2) is 17.2. The van der Waals surface area contributed by atoms with Gasteiger partial charge >= 0.3 is 88.7 Å². The molecule has 0 fully saturated rings. The first-order valence-electron chi connectivity index (χ1n) is 11.1. The number of hydrogen-bond acceptors (Lipinski definition) is 17. The molecule has 0 spiro atoms. The van der Waals surface area contributed by atoms with Crippen molar-refractivity contribution >= 4 is 74.2 Å². The molecule has 3 rings (SSSR count). The van der Waals surface area contributed by atoms with E-state index in [9.17, 15) is 57.2 Å². The van der Waals surface area contributed by atoms with Gasteiger partial charge in [-0.15, -0.1) is 10.2 Å². The fourth-order valence-corrected chi connectivity index (χ4v) is 6.27. The topological polar surface area (TPSA) is 298 Å². The molecule has 0 unspecified atom stereocenters. The van der Waals surface area contributed by atoms with Gasteiger partial charge in [-0.1, -0.05) is 0 Å². The molecule has 0 aliphatic carbocycles. The van der Waals surface area contributed by atoms with Crippen LogP contribution in [0.4, 0.5) is 17.1 Å². The summed E-state index contributed by atoms with van der Waals surface area (Å²) in [7, 11) is -19.0. The number of rotatable bonds is 11. The van der Waals surface area contributed by atoms with Crippen molar-refractivity contribution in [2.75, 3.05) is 24.8 Å². The number of nitrogens with one attached hydrogen (secondary N) is 1. The summed E-state index contributed by atoms with van der Waals surface area (Å²) >= 11 is 0. The van der Waals surface area contributed by atoms with Gasteiger partial charge in [-0.2, -0.15) is 0 Å². The normalized spacial score (nSPS) is 12.1. The number of sulfone groups is 1. The van der Waals surface area contributed by atoms with Crippen LogP contribution in [0.3, 0.4) is 0 Å². The molecule has 0 bridgehead atoms. The van der Waals surface area contributed by atoms with Crippen molar-refractivity contribution in [2.45, 2.75) is 21.6 Å². The summed E-state index contributed by atoms with van der Waals surface area (Å²) in [6.45, 7) is -0.0177. The summed E-state index contributed by atoms with van der Waals surface area (Å²) < 4.78 is 137. The smallest absolute Gasteiger partial charge is 0.744 e. The Morgan fingerprint density at radius 3 is 1.98 bits per heavy atom. The number of benzene rings is 3. The Kier molecular flexibility index (Phi) is 17.0. The van der Waals surface area contributed by atoms with Crippen molar-refractivity contribution in [1.82, 2.24) is 0 Å². The largest absolute Gasteiger partial charge is 1.00 e. The average Bonchev–Trinajstić information content (AvgIpc) is 2.85. The van der Waals surface area contributed by atoms with E-state index < -0.39 is 107 Å². The number of anilines is 1. The van der Waals surface area contributed by atoms with E-state index in [1.807, 2.05) is 0 Å². The van der Waals surface area contributed by atoms with E-state index >= 15 is 0 Å². The van der Waals surface area contributed by atoms with Gasteiger partial charge in [-0.05, 0) is 41.8 Å². The average molecular weight is 750 g/mol. The summed E-state index contributed by atoms with van der Waals surface area (Å²) in [5, 5.41) is 19.5. The Labute approximate surface area is 329 Å². The van der Waals surface area contributed by atoms with Crippen molar-refractivity contribution < 1.29 is 155 Å². The zero-order valence-electron chi connectivity index (χ0n) is 24.6. The molecule has 46 heavy (non-hydrogen) atoms. The van der Waals surface area contributed by atoms with Crippen LogP contribution >= 0.6 is 0 Å². The first-order valence-corrected chi connectivity index (χ1v) is 16.9. The molecule has 0 saturated carbocycles. The number of carbonyl (C=O) groups excluding carboxylic acids is 1. The van der Waals surface area contributed by atoms with Gasteiger partial charge in [0.2, 0.25) is 16.3 Å². The van der Waals surface area contributed by atoms with Gasteiger partial charge in [-0.3, -0.25) is 8.98 Å². The molecule has 234 valence electrons. The number of amides is 1. The second-order valence-corrected chi connectivity index (χ2v) is 14.2. The predicted octanol–water partition coefficient (Wildman–Crippen LogP) is -8.00. The molecular formula is C21H18N3Na3O15S4. The zero-order chi connectivity index (χ0) is 32.5. The molecule has 2 N–H and O–H groups in total. The van der Waals surface area contributed by atoms with Crippen molar-refractivity contribution in [3.05, 3.63) is 36.4 Å². The van der Waals surface area contributed by atoms with Crippen LogP contribution in [-0.4, -0.2) is 77.8 Å². The number of fused-ring (bicyclic) bond motifs is 1. The third-order valence-electron chi connectivity index (χ3n) is 5.34. The van der Waals surface area contributed by atoms with Crippen LogP contribution in [0.15, 0.2) is 61.3 Å². The Hall–Kier alpha value is -0.770.